The van der Waals surface area contributed by atoms with E-state index < -0.39 is 7.82 Å². The van der Waals surface area contributed by atoms with Gasteiger partial charge >= 0.3 is 7.82 Å². The zero-order valence-electron chi connectivity index (χ0n) is 8.58. The van der Waals surface area contributed by atoms with Gasteiger partial charge in [-0.3, -0.25) is 4.52 Å². The Morgan fingerprint density at radius 3 is 2.40 bits per heavy atom. The van der Waals surface area contributed by atoms with Crippen molar-refractivity contribution in [1.82, 2.24) is 4.90 Å². The minimum atomic E-state index is -4.31. The van der Waals surface area contributed by atoms with Gasteiger partial charge in [0.25, 0.3) is 0 Å². The average Bonchev–Trinajstić information content (AvgIpc) is 2.16. The molecule has 1 aliphatic rings. The van der Waals surface area contributed by atoms with Crippen LogP contribution in [-0.4, -0.2) is 52.6 Å². The average molecular weight is 239 g/mol. The largest absolute Gasteiger partial charge is 0.469 e. The second-order valence-electron chi connectivity index (χ2n) is 3.79. The van der Waals surface area contributed by atoms with Gasteiger partial charge in [-0.2, -0.15) is 0 Å². The van der Waals surface area contributed by atoms with Gasteiger partial charge in [0.2, 0.25) is 0 Å². The van der Waals surface area contributed by atoms with Crippen molar-refractivity contribution in [3.8, 4) is 0 Å². The molecule has 1 heterocycles. The SMILES string of the molecule is O=P(O)(O)OCC1CCN(CCO)CC1. The molecule has 0 amide bonds. The predicted molar refractivity (Wildman–Crippen MR) is 54.2 cm³/mol. The van der Waals surface area contributed by atoms with Gasteiger partial charge in [-0.05, 0) is 31.8 Å². The first-order valence-electron chi connectivity index (χ1n) is 5.04. The number of phosphoric ester groups is 1. The fraction of sp³-hybridized carbons (Fsp3) is 1.00. The van der Waals surface area contributed by atoms with E-state index in [0.717, 1.165) is 25.9 Å². The fourth-order valence-electron chi connectivity index (χ4n) is 1.72. The molecule has 1 aliphatic heterocycles. The lowest BCUT2D eigenvalue weighted by Gasteiger charge is -2.31. The maximum absolute atomic E-state index is 10.5. The van der Waals surface area contributed by atoms with Crippen LogP contribution in [0.15, 0.2) is 0 Å². The Kier molecular flexibility index (Phi) is 5.18. The number of phosphoric acid groups is 1. The molecule has 1 fully saturated rings. The van der Waals surface area contributed by atoms with Crippen molar-refractivity contribution in [3.63, 3.8) is 0 Å². The summed E-state index contributed by atoms with van der Waals surface area (Å²) in [7, 11) is -4.31. The molecule has 0 aromatic carbocycles. The van der Waals surface area contributed by atoms with Crippen LogP contribution < -0.4 is 0 Å². The summed E-state index contributed by atoms with van der Waals surface area (Å²) in [5.41, 5.74) is 0. The number of hydrogen-bond donors (Lipinski definition) is 3. The molecule has 0 atom stereocenters. The molecule has 0 spiro atoms. The lowest BCUT2D eigenvalue weighted by molar-refractivity contribution is 0.106. The first kappa shape index (κ1) is 13.1. The van der Waals surface area contributed by atoms with Crippen LogP contribution in [0.4, 0.5) is 0 Å². The standard InChI is InChI=1S/C8H18NO5P/c10-6-5-9-3-1-8(2-4-9)7-14-15(11,12)13/h8,10H,1-7H2,(H2,11,12,13). The van der Waals surface area contributed by atoms with E-state index in [1.807, 2.05) is 0 Å². The third-order valence-corrected chi connectivity index (χ3v) is 3.09. The molecule has 0 aromatic rings. The van der Waals surface area contributed by atoms with Gasteiger partial charge in [0.15, 0.2) is 0 Å². The Hall–Kier alpha value is 0.0300. The molecule has 15 heavy (non-hydrogen) atoms. The first-order valence-corrected chi connectivity index (χ1v) is 6.57. The van der Waals surface area contributed by atoms with E-state index in [2.05, 4.69) is 9.42 Å². The summed E-state index contributed by atoms with van der Waals surface area (Å²) in [5, 5.41) is 8.73. The van der Waals surface area contributed by atoms with Crippen molar-refractivity contribution >= 4 is 7.82 Å². The van der Waals surface area contributed by atoms with Crippen molar-refractivity contribution in [2.24, 2.45) is 5.92 Å². The molecule has 0 bridgehead atoms. The minimum absolute atomic E-state index is 0.122. The second-order valence-corrected chi connectivity index (χ2v) is 5.03. The molecule has 3 N–H and O–H groups in total. The Morgan fingerprint density at radius 2 is 1.93 bits per heavy atom. The van der Waals surface area contributed by atoms with E-state index in [-0.39, 0.29) is 19.1 Å². The van der Waals surface area contributed by atoms with Gasteiger partial charge in [-0.15, -0.1) is 0 Å². The van der Waals surface area contributed by atoms with Crippen molar-refractivity contribution in [2.45, 2.75) is 12.8 Å². The maximum atomic E-state index is 10.5. The molecular formula is C8H18NO5P. The van der Waals surface area contributed by atoms with Crippen LogP contribution in [0.1, 0.15) is 12.8 Å². The van der Waals surface area contributed by atoms with Crippen LogP contribution in [0.25, 0.3) is 0 Å². The van der Waals surface area contributed by atoms with Crippen molar-refractivity contribution < 1.29 is 24.0 Å². The fourth-order valence-corrected chi connectivity index (χ4v) is 2.13. The summed E-state index contributed by atoms with van der Waals surface area (Å²) < 4.78 is 14.9. The highest BCUT2D eigenvalue weighted by Gasteiger charge is 2.22. The van der Waals surface area contributed by atoms with Crippen molar-refractivity contribution in [2.75, 3.05) is 32.8 Å². The van der Waals surface area contributed by atoms with E-state index in [4.69, 9.17) is 14.9 Å². The maximum Gasteiger partial charge on any atom is 0.469 e. The third kappa shape index (κ3) is 5.61. The van der Waals surface area contributed by atoms with E-state index >= 15 is 0 Å². The van der Waals surface area contributed by atoms with Crippen LogP contribution in [0.2, 0.25) is 0 Å². The van der Waals surface area contributed by atoms with Gasteiger partial charge < -0.3 is 19.8 Å². The predicted octanol–water partition coefficient (Wildman–Crippen LogP) is -0.200. The van der Waals surface area contributed by atoms with Crippen LogP contribution in [0.5, 0.6) is 0 Å². The van der Waals surface area contributed by atoms with Crippen LogP contribution in [0.3, 0.4) is 0 Å². The molecular weight excluding hydrogens is 221 g/mol. The summed E-state index contributed by atoms with van der Waals surface area (Å²) >= 11 is 0. The molecule has 90 valence electrons. The van der Waals surface area contributed by atoms with E-state index in [0.29, 0.717) is 6.54 Å². The molecule has 0 saturated carbocycles. The number of hydrogen-bond acceptors (Lipinski definition) is 4. The summed E-state index contributed by atoms with van der Waals surface area (Å²) in [6, 6.07) is 0. The highest BCUT2D eigenvalue weighted by atomic mass is 31.2. The Morgan fingerprint density at radius 1 is 1.33 bits per heavy atom. The summed E-state index contributed by atoms with van der Waals surface area (Å²) in [6.45, 7) is 2.67. The summed E-state index contributed by atoms with van der Waals surface area (Å²) in [6.07, 6.45) is 1.72. The smallest absolute Gasteiger partial charge is 0.395 e. The summed E-state index contributed by atoms with van der Waals surface area (Å²) in [4.78, 5) is 19.2. The number of rotatable bonds is 5. The van der Waals surface area contributed by atoms with Crippen molar-refractivity contribution in [1.29, 1.82) is 0 Å². The molecule has 0 unspecified atom stereocenters. The zero-order chi connectivity index (χ0) is 11.3. The number of β-amino-alcohol motifs (C(OH)–C–C–N with tert-alkyl or cyclic N) is 1. The van der Waals surface area contributed by atoms with Crippen LogP contribution in [0, 0.1) is 5.92 Å². The number of nitrogens with zero attached hydrogens (tertiary/aromatic N) is 1. The highest BCUT2D eigenvalue weighted by Crippen LogP contribution is 2.37. The zero-order valence-corrected chi connectivity index (χ0v) is 9.47. The third-order valence-electron chi connectivity index (χ3n) is 2.60. The molecule has 6 nitrogen and oxygen atoms in total. The normalized spacial score (nSPS) is 20.7. The second kappa shape index (κ2) is 5.94. The molecule has 0 aromatic heterocycles. The van der Waals surface area contributed by atoms with Gasteiger partial charge in [-0.25, -0.2) is 4.57 Å². The van der Waals surface area contributed by atoms with Gasteiger partial charge in [0.1, 0.15) is 0 Å². The molecule has 1 rings (SSSR count). The number of aliphatic hydroxyl groups excluding tert-OH is 1. The summed E-state index contributed by atoms with van der Waals surface area (Å²) in [5.74, 6) is 0.215. The first-order chi connectivity index (χ1) is 7.01. The van der Waals surface area contributed by atoms with E-state index in [9.17, 15) is 4.57 Å². The highest BCUT2D eigenvalue weighted by molar-refractivity contribution is 7.46. The molecule has 1 saturated heterocycles. The van der Waals surface area contributed by atoms with E-state index in [1.165, 1.54) is 0 Å². The Labute approximate surface area is 89.1 Å². The molecule has 7 heteroatoms. The van der Waals surface area contributed by atoms with Crippen LogP contribution in [-0.2, 0) is 9.09 Å². The molecule has 0 aliphatic carbocycles. The lowest BCUT2D eigenvalue weighted by atomic mass is 9.98. The lowest BCUT2D eigenvalue weighted by Crippen LogP contribution is -2.36. The Bertz CT molecular complexity index is 223. The monoisotopic (exact) mass is 239 g/mol. The minimum Gasteiger partial charge on any atom is -0.395 e. The van der Waals surface area contributed by atoms with Gasteiger partial charge in [0.05, 0.1) is 13.2 Å². The topological polar surface area (TPSA) is 90.2 Å². The quantitative estimate of drug-likeness (QED) is 0.576. The number of piperidine rings is 1. The van der Waals surface area contributed by atoms with Gasteiger partial charge in [0, 0.05) is 6.54 Å². The van der Waals surface area contributed by atoms with E-state index in [1.54, 1.807) is 0 Å². The van der Waals surface area contributed by atoms with Crippen molar-refractivity contribution in [3.05, 3.63) is 0 Å². The molecule has 0 radical (unpaired) electrons. The number of aliphatic hydroxyl groups is 1. The van der Waals surface area contributed by atoms with Crippen LogP contribution >= 0.6 is 7.82 Å². The van der Waals surface area contributed by atoms with Gasteiger partial charge in [-0.1, -0.05) is 0 Å². The Balaban J connectivity index is 2.17. The number of likely N-dealkylation sites (tertiary alicyclic amines) is 1.